The van der Waals surface area contributed by atoms with Gasteiger partial charge >= 0.3 is 12.1 Å². The van der Waals surface area contributed by atoms with E-state index in [-0.39, 0.29) is 23.0 Å². The molecule has 1 aromatic carbocycles. The average molecular weight is 562 g/mol. The zero-order valence-electron chi connectivity index (χ0n) is 23.5. The van der Waals surface area contributed by atoms with Crippen LogP contribution in [0.15, 0.2) is 65.5 Å². The summed E-state index contributed by atoms with van der Waals surface area (Å²) in [5.41, 5.74) is 2.51. The predicted octanol–water partition coefficient (Wildman–Crippen LogP) is 6.22. The summed E-state index contributed by atoms with van der Waals surface area (Å²) in [5, 5.41) is 10.2. The number of nitrogens with one attached hydrogen (secondary N) is 1. The van der Waals surface area contributed by atoms with E-state index in [9.17, 15) is 22.8 Å². The molecule has 1 unspecified atom stereocenters. The second kappa shape index (κ2) is 12.4. The molecule has 40 heavy (non-hydrogen) atoms. The number of carbonyl (C=O) groups is 3. The topological polar surface area (TPSA) is 113 Å². The van der Waals surface area contributed by atoms with E-state index in [1.807, 2.05) is 52.0 Å². The number of aliphatic carboxylic acids is 1. The summed E-state index contributed by atoms with van der Waals surface area (Å²) in [4.78, 5) is 42.0. The van der Waals surface area contributed by atoms with Crippen LogP contribution < -0.4 is 10.2 Å². The maximum atomic E-state index is 13.8. The molecule has 0 radical (unpaired) electrons. The van der Waals surface area contributed by atoms with E-state index in [0.29, 0.717) is 16.8 Å². The maximum absolute atomic E-state index is 13.8. The van der Waals surface area contributed by atoms with E-state index in [1.54, 1.807) is 30.6 Å². The lowest BCUT2D eigenvalue weighted by Gasteiger charge is -2.33. The molecule has 0 aliphatic heterocycles. The Bertz CT molecular complexity index is 1310. The van der Waals surface area contributed by atoms with Crippen LogP contribution in [0.5, 0.6) is 0 Å². The highest BCUT2D eigenvalue weighted by Crippen LogP contribution is 2.33. The minimum absolute atomic E-state index is 0.0443. The monoisotopic (exact) mass is 561 g/mol. The molecular weight excluding hydrogens is 527 g/mol. The predicted molar refractivity (Wildman–Crippen MR) is 144 cm³/mol. The normalized spacial score (nSPS) is 12.6. The van der Waals surface area contributed by atoms with Crippen LogP contribution in [0.4, 0.5) is 18.9 Å². The van der Waals surface area contributed by atoms with E-state index >= 15 is 0 Å². The van der Waals surface area contributed by atoms with E-state index in [1.165, 1.54) is 11.2 Å². The lowest BCUT2D eigenvalue weighted by molar-refractivity contribution is -0.192. The smallest absolute Gasteiger partial charge is 0.475 e. The number of carboxylic acid groups (broad SMARTS) is 1. The number of anilines is 1. The number of benzene rings is 1. The van der Waals surface area contributed by atoms with Gasteiger partial charge in [0.2, 0.25) is 5.91 Å². The number of hydrogen-bond acceptors (Lipinski definition) is 5. The first-order valence-corrected chi connectivity index (χ1v) is 12.3. The van der Waals surface area contributed by atoms with Gasteiger partial charge < -0.3 is 14.8 Å². The first-order chi connectivity index (χ1) is 18.3. The zero-order chi connectivity index (χ0) is 30.5. The number of amides is 2. The third-order valence-corrected chi connectivity index (χ3v) is 5.53. The minimum atomic E-state index is -5.08. The van der Waals surface area contributed by atoms with Gasteiger partial charge in [-0.25, -0.2) is 4.79 Å². The van der Waals surface area contributed by atoms with Crippen molar-refractivity contribution in [3.63, 3.8) is 0 Å². The molecule has 3 rings (SSSR count). The van der Waals surface area contributed by atoms with Crippen LogP contribution in [0.2, 0.25) is 0 Å². The number of nitrogens with zero attached hydrogens (tertiary/aromatic N) is 2. The van der Waals surface area contributed by atoms with Crippen molar-refractivity contribution in [3.8, 4) is 0 Å². The van der Waals surface area contributed by atoms with Crippen molar-refractivity contribution in [2.24, 2.45) is 0 Å². The molecular formula is C29H34F3N3O5. The second-order valence-electron chi connectivity index (χ2n) is 11.1. The molecule has 2 aromatic heterocycles. The second-order valence-corrected chi connectivity index (χ2v) is 11.1. The fraction of sp³-hybridized carbons (Fsp3) is 0.379. The Kier molecular flexibility index (Phi) is 9.90. The molecule has 2 amide bonds. The Balaban J connectivity index is 0.000000708. The molecule has 216 valence electrons. The number of furan rings is 1. The van der Waals surface area contributed by atoms with E-state index in [4.69, 9.17) is 14.3 Å². The number of carbonyl (C=O) groups excluding carboxylic acids is 2. The Labute approximate surface area is 231 Å². The first-order valence-electron chi connectivity index (χ1n) is 12.3. The summed E-state index contributed by atoms with van der Waals surface area (Å²) in [7, 11) is 0. The molecule has 2 heterocycles. The number of carboxylic acids is 1. The van der Waals surface area contributed by atoms with E-state index < -0.39 is 23.7 Å². The van der Waals surface area contributed by atoms with Gasteiger partial charge in [0.15, 0.2) is 5.76 Å². The number of halogens is 3. The molecule has 0 aliphatic rings. The third-order valence-electron chi connectivity index (χ3n) is 5.53. The van der Waals surface area contributed by atoms with Crippen LogP contribution in [-0.4, -0.2) is 39.6 Å². The largest absolute Gasteiger partial charge is 0.490 e. The number of hydrogen-bond donors (Lipinski definition) is 2. The van der Waals surface area contributed by atoms with Gasteiger partial charge in [-0.15, -0.1) is 0 Å². The number of alkyl halides is 3. The van der Waals surface area contributed by atoms with Gasteiger partial charge in [0.05, 0.1) is 6.26 Å². The SMILES string of the molecule is Cc1ccoc1C(=O)N(c1ccc(C(C)(C)C)cc1)C(C(=O)NC(C)(C)C)c1cccnc1.O=C(O)C(F)(F)F. The summed E-state index contributed by atoms with van der Waals surface area (Å²) in [6.45, 7) is 13.9. The van der Waals surface area contributed by atoms with Crippen molar-refractivity contribution in [2.75, 3.05) is 4.90 Å². The summed E-state index contributed by atoms with van der Waals surface area (Å²) < 4.78 is 37.3. The van der Waals surface area contributed by atoms with Crippen LogP contribution in [-0.2, 0) is 15.0 Å². The molecule has 0 fully saturated rings. The quantitative estimate of drug-likeness (QED) is 0.383. The summed E-state index contributed by atoms with van der Waals surface area (Å²) in [6.07, 6.45) is -0.341. The lowest BCUT2D eigenvalue weighted by Crippen LogP contribution is -2.49. The van der Waals surface area contributed by atoms with Crippen LogP contribution in [0, 0.1) is 6.92 Å². The minimum Gasteiger partial charge on any atom is -0.475 e. The zero-order valence-corrected chi connectivity index (χ0v) is 23.5. The van der Waals surface area contributed by atoms with Crippen LogP contribution in [0.25, 0.3) is 0 Å². The average Bonchev–Trinajstić information content (AvgIpc) is 3.26. The molecule has 8 nitrogen and oxygen atoms in total. The van der Waals surface area contributed by atoms with Crippen LogP contribution in [0.1, 0.15) is 74.8 Å². The molecule has 0 aliphatic carbocycles. The van der Waals surface area contributed by atoms with Gasteiger partial charge in [-0.3, -0.25) is 19.5 Å². The Morgan fingerprint density at radius 2 is 1.55 bits per heavy atom. The van der Waals surface area contributed by atoms with Gasteiger partial charge in [-0.1, -0.05) is 39.0 Å². The Morgan fingerprint density at radius 1 is 0.975 bits per heavy atom. The molecule has 1 atom stereocenters. The highest BCUT2D eigenvalue weighted by molar-refractivity contribution is 6.09. The highest BCUT2D eigenvalue weighted by atomic mass is 19.4. The Hall–Kier alpha value is -4.15. The summed E-state index contributed by atoms with van der Waals surface area (Å²) in [6, 6.07) is 12.1. The molecule has 3 aromatic rings. The summed E-state index contributed by atoms with van der Waals surface area (Å²) >= 11 is 0. The van der Waals surface area contributed by atoms with Crippen molar-refractivity contribution in [1.82, 2.24) is 10.3 Å². The van der Waals surface area contributed by atoms with Crippen molar-refractivity contribution in [1.29, 1.82) is 0 Å². The number of aromatic nitrogens is 1. The van der Waals surface area contributed by atoms with Crippen LogP contribution >= 0.6 is 0 Å². The van der Waals surface area contributed by atoms with Gasteiger partial charge in [0.1, 0.15) is 6.04 Å². The number of rotatable bonds is 5. The molecule has 0 bridgehead atoms. The van der Waals surface area contributed by atoms with E-state index in [0.717, 1.165) is 5.56 Å². The number of aryl methyl sites for hydroxylation is 1. The molecule has 0 saturated heterocycles. The van der Waals surface area contributed by atoms with Crippen LogP contribution in [0.3, 0.4) is 0 Å². The van der Waals surface area contributed by atoms with Gasteiger partial charge in [0.25, 0.3) is 5.91 Å². The van der Waals surface area contributed by atoms with Crippen molar-refractivity contribution in [2.45, 2.75) is 71.6 Å². The first kappa shape index (κ1) is 32.1. The molecule has 2 N–H and O–H groups in total. The van der Waals surface area contributed by atoms with Crippen molar-refractivity contribution in [3.05, 3.63) is 83.6 Å². The molecule has 0 saturated carbocycles. The van der Waals surface area contributed by atoms with Crippen molar-refractivity contribution >= 4 is 23.5 Å². The Morgan fingerprint density at radius 3 is 1.95 bits per heavy atom. The van der Waals surface area contributed by atoms with Gasteiger partial charge in [-0.05, 0) is 62.9 Å². The highest BCUT2D eigenvalue weighted by Gasteiger charge is 2.38. The third kappa shape index (κ3) is 8.69. The van der Waals surface area contributed by atoms with Gasteiger partial charge in [-0.2, -0.15) is 13.2 Å². The fourth-order valence-corrected chi connectivity index (χ4v) is 3.60. The standard InChI is InChI=1S/C27H33N3O3.C2HF3O2/c1-18-14-16-33-23(18)25(32)30(21-12-10-20(11-13-21)26(2,3)4)22(19-9-8-15-28-17-19)24(31)29-27(5,6)7;3-2(4,5)1(6)7/h8-17,22H,1-7H3,(H,29,31);(H,6,7). The fourth-order valence-electron chi connectivity index (χ4n) is 3.60. The van der Waals surface area contributed by atoms with Gasteiger partial charge in [0, 0.05) is 34.7 Å². The van der Waals surface area contributed by atoms with Crippen molar-refractivity contribution < 1.29 is 37.1 Å². The molecule has 11 heteroatoms. The molecule has 0 spiro atoms. The lowest BCUT2D eigenvalue weighted by atomic mass is 9.87. The summed E-state index contributed by atoms with van der Waals surface area (Å²) in [5.74, 6) is -3.24. The maximum Gasteiger partial charge on any atom is 0.490 e. The number of pyridine rings is 1. The van der Waals surface area contributed by atoms with E-state index in [2.05, 4.69) is 31.1 Å².